The highest BCUT2D eigenvalue weighted by molar-refractivity contribution is 6.31. The first-order chi connectivity index (χ1) is 20.9. The molecule has 2 amide bonds. The predicted molar refractivity (Wildman–Crippen MR) is 153 cm³/mol. The first-order valence-corrected chi connectivity index (χ1v) is 13.2. The van der Waals surface area contributed by atoms with Crippen LogP contribution in [0.2, 0.25) is 5.02 Å². The molecule has 232 valence electrons. The van der Waals surface area contributed by atoms with Crippen molar-refractivity contribution in [3.63, 3.8) is 0 Å². The molecule has 0 aliphatic heterocycles. The van der Waals surface area contributed by atoms with Crippen molar-refractivity contribution in [2.45, 2.75) is 25.6 Å². The SMILES string of the molecule is CC[C@@H](C(=O)Nc1ccc(C(=O)NOC)c(OC)c1)n1cc(OC)c(-c2cc(Cl)ccc2-n2cc(C(F)(F)F)nn2)cc1=O. The van der Waals surface area contributed by atoms with Crippen molar-refractivity contribution in [1.29, 1.82) is 0 Å². The maximum Gasteiger partial charge on any atom is 0.436 e. The number of benzene rings is 2. The molecule has 4 aromatic rings. The smallest absolute Gasteiger partial charge is 0.436 e. The number of anilines is 1. The summed E-state index contributed by atoms with van der Waals surface area (Å²) in [5.41, 5.74) is 1.41. The quantitative estimate of drug-likeness (QED) is 0.240. The monoisotopic (exact) mass is 634 g/mol. The Morgan fingerprint density at radius 1 is 1.00 bits per heavy atom. The number of ether oxygens (including phenoxy) is 2. The number of halogens is 4. The van der Waals surface area contributed by atoms with Gasteiger partial charge >= 0.3 is 6.18 Å². The largest absolute Gasteiger partial charge is 0.496 e. The Balaban J connectivity index is 1.71. The number of nitrogens with one attached hydrogen (secondary N) is 2. The van der Waals surface area contributed by atoms with Crippen molar-refractivity contribution < 1.29 is 37.1 Å². The molecule has 0 unspecified atom stereocenters. The van der Waals surface area contributed by atoms with Gasteiger partial charge in [0.1, 0.15) is 17.5 Å². The minimum Gasteiger partial charge on any atom is -0.496 e. The molecule has 2 heterocycles. The minimum absolute atomic E-state index is 0.130. The van der Waals surface area contributed by atoms with E-state index in [1.54, 1.807) is 6.92 Å². The highest BCUT2D eigenvalue weighted by atomic mass is 35.5. The first kappa shape index (κ1) is 32.0. The number of hydroxylamine groups is 1. The number of pyridine rings is 1. The summed E-state index contributed by atoms with van der Waals surface area (Å²) in [5.74, 6) is -0.808. The van der Waals surface area contributed by atoms with Crippen LogP contribution in [-0.2, 0) is 15.8 Å². The zero-order valence-electron chi connectivity index (χ0n) is 23.7. The lowest BCUT2D eigenvalue weighted by atomic mass is 10.0. The second kappa shape index (κ2) is 13.2. The average Bonchev–Trinajstić information content (AvgIpc) is 3.49. The van der Waals surface area contributed by atoms with Crippen molar-refractivity contribution in [2.75, 3.05) is 26.6 Å². The number of carbonyl (C=O) groups is 2. The fourth-order valence-electron chi connectivity index (χ4n) is 4.42. The Labute approximate surface area is 253 Å². The van der Waals surface area contributed by atoms with E-state index in [4.69, 9.17) is 21.1 Å². The fourth-order valence-corrected chi connectivity index (χ4v) is 4.59. The van der Waals surface area contributed by atoms with Crippen LogP contribution in [0.15, 0.2) is 59.7 Å². The molecular weight excluding hydrogens is 609 g/mol. The summed E-state index contributed by atoms with van der Waals surface area (Å²) in [6.07, 6.45) is -2.48. The summed E-state index contributed by atoms with van der Waals surface area (Å²) in [4.78, 5) is 43.6. The zero-order valence-corrected chi connectivity index (χ0v) is 24.5. The second-order valence-corrected chi connectivity index (χ2v) is 9.61. The number of amides is 2. The van der Waals surface area contributed by atoms with Gasteiger partial charge in [0.2, 0.25) is 5.91 Å². The normalized spacial score (nSPS) is 12.0. The van der Waals surface area contributed by atoms with E-state index in [9.17, 15) is 27.6 Å². The Morgan fingerprint density at radius 2 is 1.73 bits per heavy atom. The van der Waals surface area contributed by atoms with Crippen molar-refractivity contribution in [2.24, 2.45) is 0 Å². The number of hydrogen-bond donors (Lipinski definition) is 2. The van der Waals surface area contributed by atoms with Crippen LogP contribution in [0.4, 0.5) is 18.9 Å². The van der Waals surface area contributed by atoms with E-state index in [0.717, 1.165) is 4.68 Å². The fraction of sp³-hybridized carbons (Fsp3) is 0.250. The predicted octanol–water partition coefficient (Wildman–Crippen LogP) is 4.67. The number of hydrogen-bond acceptors (Lipinski definition) is 8. The van der Waals surface area contributed by atoms with E-state index < -0.39 is 35.3 Å². The lowest BCUT2D eigenvalue weighted by Crippen LogP contribution is -2.32. The van der Waals surface area contributed by atoms with E-state index in [1.807, 2.05) is 0 Å². The van der Waals surface area contributed by atoms with Gasteiger partial charge < -0.3 is 14.8 Å². The summed E-state index contributed by atoms with van der Waals surface area (Å²) in [6.45, 7) is 1.70. The summed E-state index contributed by atoms with van der Waals surface area (Å²) in [7, 11) is 3.98. The molecule has 2 N–H and O–H groups in total. The zero-order chi connectivity index (χ0) is 32.2. The molecule has 0 aliphatic carbocycles. The number of nitrogens with zero attached hydrogens (tertiary/aromatic N) is 4. The molecule has 0 saturated carbocycles. The van der Waals surface area contributed by atoms with Crippen LogP contribution >= 0.6 is 11.6 Å². The van der Waals surface area contributed by atoms with Gasteiger partial charge in [0.25, 0.3) is 11.5 Å². The van der Waals surface area contributed by atoms with Gasteiger partial charge in [-0.25, -0.2) is 10.2 Å². The highest BCUT2D eigenvalue weighted by Crippen LogP contribution is 2.36. The Hall–Kier alpha value is -4.89. The standard InChI is InChI=1S/C28H26ClF3N6O6/c1-5-20(27(41)33-16-7-8-17(22(11-16)42-2)26(40)35-44-4)37-13-23(43-3)19(12-25(37)39)18-10-15(29)6-9-21(18)38-14-24(34-36-38)28(30,31)32/h6-14,20H,5H2,1-4H3,(H,33,41)(H,35,40)/t20-/m0/s1. The molecule has 0 saturated heterocycles. The molecule has 4 rings (SSSR count). The summed E-state index contributed by atoms with van der Waals surface area (Å²) in [6, 6.07) is 8.87. The average molecular weight is 635 g/mol. The van der Waals surface area contributed by atoms with Gasteiger partial charge in [-0.3, -0.25) is 23.8 Å². The summed E-state index contributed by atoms with van der Waals surface area (Å²) >= 11 is 6.21. The van der Waals surface area contributed by atoms with Crippen molar-refractivity contribution in [3.05, 3.63) is 81.5 Å². The third-order valence-electron chi connectivity index (χ3n) is 6.48. The molecule has 0 fully saturated rings. The van der Waals surface area contributed by atoms with Crippen LogP contribution in [0.25, 0.3) is 16.8 Å². The number of carbonyl (C=O) groups excluding carboxylic acids is 2. The molecule has 12 nitrogen and oxygen atoms in total. The van der Waals surface area contributed by atoms with Gasteiger partial charge in [-0.2, -0.15) is 13.2 Å². The lowest BCUT2D eigenvalue weighted by molar-refractivity contribution is -0.141. The van der Waals surface area contributed by atoms with Crippen molar-refractivity contribution in [1.82, 2.24) is 25.0 Å². The molecular formula is C28H26ClF3N6O6. The topological polar surface area (TPSA) is 139 Å². The van der Waals surface area contributed by atoms with Gasteiger partial charge in [0.05, 0.1) is 45.0 Å². The molecule has 0 bridgehead atoms. The molecule has 16 heteroatoms. The van der Waals surface area contributed by atoms with Crippen molar-refractivity contribution in [3.8, 4) is 28.3 Å². The maximum atomic E-state index is 13.4. The van der Waals surface area contributed by atoms with Crippen molar-refractivity contribution >= 4 is 29.1 Å². The van der Waals surface area contributed by atoms with Gasteiger partial charge in [-0.05, 0) is 36.8 Å². The Morgan fingerprint density at radius 3 is 2.34 bits per heavy atom. The number of aromatic nitrogens is 4. The highest BCUT2D eigenvalue weighted by Gasteiger charge is 2.35. The van der Waals surface area contributed by atoms with Crippen LogP contribution in [0.1, 0.15) is 35.4 Å². The summed E-state index contributed by atoms with van der Waals surface area (Å²) in [5, 5.41) is 9.74. The van der Waals surface area contributed by atoms with E-state index in [1.165, 1.54) is 74.6 Å². The van der Waals surface area contributed by atoms with Crippen LogP contribution in [0.3, 0.4) is 0 Å². The summed E-state index contributed by atoms with van der Waals surface area (Å²) < 4.78 is 52.5. The number of alkyl halides is 3. The van der Waals surface area contributed by atoms with Gasteiger partial charge in [-0.1, -0.05) is 23.7 Å². The Kier molecular flexibility index (Phi) is 9.59. The Bertz CT molecular complexity index is 1760. The number of rotatable bonds is 10. The minimum atomic E-state index is -4.72. The van der Waals surface area contributed by atoms with Gasteiger partial charge in [0, 0.05) is 34.0 Å². The van der Waals surface area contributed by atoms with Crippen LogP contribution in [-0.4, -0.2) is 52.7 Å². The van der Waals surface area contributed by atoms with Crippen LogP contribution in [0.5, 0.6) is 11.5 Å². The van der Waals surface area contributed by atoms with E-state index in [2.05, 4.69) is 25.9 Å². The molecule has 0 spiro atoms. The number of methoxy groups -OCH3 is 2. The lowest BCUT2D eigenvalue weighted by Gasteiger charge is -2.21. The van der Waals surface area contributed by atoms with Crippen LogP contribution in [0, 0.1) is 0 Å². The second-order valence-electron chi connectivity index (χ2n) is 9.17. The molecule has 2 aromatic heterocycles. The molecule has 2 aromatic carbocycles. The molecule has 44 heavy (non-hydrogen) atoms. The molecule has 0 radical (unpaired) electrons. The van der Waals surface area contributed by atoms with E-state index in [0.29, 0.717) is 11.9 Å². The van der Waals surface area contributed by atoms with E-state index >= 15 is 0 Å². The third kappa shape index (κ3) is 6.68. The maximum absolute atomic E-state index is 13.4. The molecule has 1 atom stereocenters. The third-order valence-corrected chi connectivity index (χ3v) is 6.71. The van der Waals surface area contributed by atoms with Gasteiger partial charge in [0.15, 0.2) is 5.69 Å². The van der Waals surface area contributed by atoms with Crippen LogP contribution < -0.4 is 25.8 Å². The first-order valence-electron chi connectivity index (χ1n) is 12.8. The van der Waals surface area contributed by atoms with Gasteiger partial charge in [-0.15, -0.1) is 5.10 Å². The van der Waals surface area contributed by atoms with E-state index in [-0.39, 0.29) is 45.3 Å². The molecule has 0 aliphatic rings.